The van der Waals surface area contributed by atoms with Crippen LogP contribution in [0.1, 0.15) is 40.4 Å². The molecule has 1 atom stereocenters. The van der Waals surface area contributed by atoms with Crippen LogP contribution >= 0.6 is 11.6 Å². The van der Waals surface area contributed by atoms with Crippen molar-refractivity contribution in [1.29, 1.82) is 0 Å². The SMILES string of the molecule is O=C(NC1CCN(C(c2ccc(Cl)cc2)c2cncnc2)CC1)c1ccccc1. The number of rotatable bonds is 5. The van der Waals surface area contributed by atoms with Gasteiger partial charge >= 0.3 is 0 Å². The van der Waals surface area contributed by atoms with Crippen molar-refractivity contribution in [2.24, 2.45) is 0 Å². The van der Waals surface area contributed by atoms with Gasteiger partial charge in [0, 0.05) is 47.7 Å². The molecule has 2 heterocycles. The van der Waals surface area contributed by atoms with E-state index in [4.69, 9.17) is 11.6 Å². The first-order valence-electron chi connectivity index (χ1n) is 9.81. The predicted molar refractivity (Wildman–Crippen MR) is 114 cm³/mol. The second-order valence-corrected chi connectivity index (χ2v) is 7.71. The number of nitrogens with one attached hydrogen (secondary N) is 1. The molecule has 1 aromatic heterocycles. The van der Waals surface area contributed by atoms with E-state index in [1.54, 1.807) is 6.33 Å². The molecule has 6 heteroatoms. The summed E-state index contributed by atoms with van der Waals surface area (Å²) in [6.07, 6.45) is 7.09. The Morgan fingerprint density at radius 1 is 0.966 bits per heavy atom. The van der Waals surface area contributed by atoms with Crippen LogP contribution in [-0.4, -0.2) is 39.9 Å². The Balaban J connectivity index is 1.45. The molecule has 5 nitrogen and oxygen atoms in total. The smallest absolute Gasteiger partial charge is 0.251 e. The number of amides is 1. The van der Waals surface area contributed by atoms with Crippen LogP contribution in [0.25, 0.3) is 0 Å². The fraction of sp³-hybridized carbons (Fsp3) is 0.261. The van der Waals surface area contributed by atoms with Crippen molar-refractivity contribution in [3.63, 3.8) is 0 Å². The van der Waals surface area contributed by atoms with Crippen molar-refractivity contribution in [2.75, 3.05) is 13.1 Å². The fourth-order valence-corrected chi connectivity index (χ4v) is 4.00. The Labute approximate surface area is 175 Å². The lowest BCUT2D eigenvalue weighted by Gasteiger charge is -2.38. The van der Waals surface area contributed by atoms with Gasteiger partial charge < -0.3 is 5.32 Å². The summed E-state index contributed by atoms with van der Waals surface area (Å²) in [6, 6.07) is 17.6. The molecule has 0 aliphatic carbocycles. The minimum atomic E-state index is -0.00485. The number of nitrogens with zero attached hydrogens (tertiary/aromatic N) is 3. The molecule has 1 aliphatic rings. The summed E-state index contributed by atoms with van der Waals surface area (Å²) in [6.45, 7) is 1.75. The average molecular weight is 407 g/mol. The van der Waals surface area contributed by atoms with E-state index in [0.717, 1.165) is 42.1 Å². The molecule has 4 rings (SSSR count). The van der Waals surface area contributed by atoms with E-state index in [-0.39, 0.29) is 18.0 Å². The molecule has 1 unspecified atom stereocenters. The summed E-state index contributed by atoms with van der Waals surface area (Å²) in [7, 11) is 0. The number of likely N-dealkylation sites (tertiary alicyclic amines) is 1. The number of hydrogen-bond donors (Lipinski definition) is 1. The Morgan fingerprint density at radius 3 is 2.28 bits per heavy atom. The van der Waals surface area contributed by atoms with Crippen molar-refractivity contribution in [3.8, 4) is 0 Å². The molecular formula is C23H23ClN4O. The van der Waals surface area contributed by atoms with E-state index >= 15 is 0 Å². The third kappa shape index (κ3) is 4.81. The highest BCUT2D eigenvalue weighted by molar-refractivity contribution is 6.30. The number of piperidine rings is 1. The lowest BCUT2D eigenvalue weighted by molar-refractivity contribution is 0.0900. The molecule has 0 radical (unpaired) electrons. The minimum absolute atomic E-state index is 0.00485. The third-order valence-corrected chi connectivity index (χ3v) is 5.60. The quantitative estimate of drug-likeness (QED) is 0.692. The lowest BCUT2D eigenvalue weighted by atomic mass is 9.95. The molecule has 148 valence electrons. The van der Waals surface area contributed by atoms with Crippen LogP contribution in [0.5, 0.6) is 0 Å². The molecule has 1 amide bonds. The van der Waals surface area contributed by atoms with Crippen molar-refractivity contribution in [1.82, 2.24) is 20.2 Å². The minimum Gasteiger partial charge on any atom is -0.349 e. The van der Waals surface area contributed by atoms with Gasteiger partial charge in [0.2, 0.25) is 0 Å². The maximum absolute atomic E-state index is 12.4. The van der Waals surface area contributed by atoms with Crippen LogP contribution in [0.4, 0.5) is 0 Å². The summed E-state index contributed by atoms with van der Waals surface area (Å²) < 4.78 is 0. The zero-order valence-corrected chi connectivity index (χ0v) is 16.8. The molecule has 29 heavy (non-hydrogen) atoms. The van der Waals surface area contributed by atoms with Gasteiger partial charge in [0.1, 0.15) is 6.33 Å². The summed E-state index contributed by atoms with van der Waals surface area (Å²) in [4.78, 5) is 23.3. The number of carbonyl (C=O) groups excluding carboxylic acids is 1. The van der Waals surface area contributed by atoms with Crippen molar-refractivity contribution in [3.05, 3.63) is 95.0 Å². The maximum atomic E-state index is 12.4. The van der Waals surface area contributed by atoms with Gasteiger partial charge in [0.05, 0.1) is 6.04 Å². The van der Waals surface area contributed by atoms with Gasteiger partial charge in [-0.15, -0.1) is 0 Å². The molecule has 0 spiro atoms. The monoisotopic (exact) mass is 406 g/mol. The summed E-state index contributed by atoms with van der Waals surface area (Å²) >= 11 is 6.09. The fourth-order valence-electron chi connectivity index (χ4n) is 3.87. The van der Waals surface area contributed by atoms with Gasteiger partial charge in [-0.05, 0) is 42.7 Å². The summed E-state index contributed by atoms with van der Waals surface area (Å²) in [5.74, 6) is -0.00485. The van der Waals surface area contributed by atoms with Gasteiger partial charge in [-0.1, -0.05) is 41.9 Å². The predicted octanol–water partition coefficient (Wildman–Crippen LogP) is 4.11. The van der Waals surface area contributed by atoms with Crippen LogP contribution < -0.4 is 5.32 Å². The second kappa shape index (κ2) is 9.16. The van der Waals surface area contributed by atoms with E-state index in [2.05, 4.69) is 32.3 Å². The number of carbonyl (C=O) groups is 1. The molecule has 1 N–H and O–H groups in total. The first-order valence-corrected chi connectivity index (χ1v) is 10.2. The lowest BCUT2D eigenvalue weighted by Crippen LogP contribution is -2.45. The molecule has 0 bridgehead atoms. The molecule has 1 saturated heterocycles. The number of benzene rings is 2. The highest BCUT2D eigenvalue weighted by atomic mass is 35.5. The Hall–Kier alpha value is -2.76. The third-order valence-electron chi connectivity index (χ3n) is 5.35. The molecule has 2 aromatic carbocycles. The average Bonchev–Trinajstić information content (AvgIpc) is 2.78. The molecular weight excluding hydrogens is 384 g/mol. The second-order valence-electron chi connectivity index (χ2n) is 7.28. The van der Waals surface area contributed by atoms with E-state index in [1.165, 1.54) is 0 Å². The van der Waals surface area contributed by atoms with E-state index < -0.39 is 0 Å². The Bertz CT molecular complexity index is 926. The maximum Gasteiger partial charge on any atom is 0.251 e. The topological polar surface area (TPSA) is 58.1 Å². The Kier molecular flexibility index (Phi) is 6.17. The van der Waals surface area contributed by atoms with Gasteiger partial charge in [0.25, 0.3) is 5.91 Å². The van der Waals surface area contributed by atoms with E-state index in [9.17, 15) is 4.79 Å². The first kappa shape index (κ1) is 19.6. The van der Waals surface area contributed by atoms with Gasteiger partial charge in [-0.2, -0.15) is 0 Å². The van der Waals surface area contributed by atoms with Crippen LogP contribution in [0.15, 0.2) is 73.3 Å². The van der Waals surface area contributed by atoms with Crippen molar-refractivity contribution >= 4 is 17.5 Å². The largest absolute Gasteiger partial charge is 0.349 e. The Morgan fingerprint density at radius 2 is 1.62 bits per heavy atom. The highest BCUT2D eigenvalue weighted by Gasteiger charge is 2.28. The summed E-state index contributed by atoms with van der Waals surface area (Å²) in [5.41, 5.74) is 2.92. The standard InChI is InChI=1S/C23H23ClN4O/c24-20-8-6-17(7-9-20)22(19-14-25-16-26-15-19)28-12-10-21(11-13-28)27-23(29)18-4-2-1-3-5-18/h1-9,14-16,21-22H,10-13H2,(H,27,29). The highest BCUT2D eigenvalue weighted by Crippen LogP contribution is 2.31. The van der Waals surface area contributed by atoms with E-state index in [1.807, 2.05) is 54.9 Å². The van der Waals surface area contributed by atoms with Crippen LogP contribution in [0, 0.1) is 0 Å². The van der Waals surface area contributed by atoms with E-state index in [0.29, 0.717) is 5.56 Å². The molecule has 3 aromatic rings. The first-order chi connectivity index (χ1) is 14.2. The molecule has 1 aliphatic heterocycles. The van der Waals surface area contributed by atoms with Gasteiger partial charge in [-0.3, -0.25) is 9.69 Å². The van der Waals surface area contributed by atoms with Crippen LogP contribution in [0.3, 0.4) is 0 Å². The number of halogens is 1. The van der Waals surface area contributed by atoms with Crippen LogP contribution in [-0.2, 0) is 0 Å². The zero-order chi connectivity index (χ0) is 20.1. The van der Waals surface area contributed by atoms with Gasteiger partial charge in [0.15, 0.2) is 0 Å². The van der Waals surface area contributed by atoms with Crippen molar-refractivity contribution < 1.29 is 4.79 Å². The normalized spacial score (nSPS) is 16.3. The molecule has 1 fully saturated rings. The van der Waals surface area contributed by atoms with Crippen LogP contribution in [0.2, 0.25) is 5.02 Å². The van der Waals surface area contributed by atoms with Crippen molar-refractivity contribution in [2.45, 2.75) is 24.9 Å². The number of aromatic nitrogens is 2. The summed E-state index contributed by atoms with van der Waals surface area (Å²) in [5, 5.41) is 3.90. The number of hydrogen-bond acceptors (Lipinski definition) is 4. The zero-order valence-electron chi connectivity index (χ0n) is 16.0. The molecule has 0 saturated carbocycles. The van der Waals surface area contributed by atoms with Gasteiger partial charge in [-0.25, -0.2) is 9.97 Å².